The smallest absolute Gasteiger partial charge is 0.341 e. The molecular formula is C16H15F2NO3S2. The van der Waals surface area contributed by atoms with Crippen molar-refractivity contribution in [1.82, 2.24) is 5.32 Å². The van der Waals surface area contributed by atoms with E-state index in [9.17, 15) is 22.0 Å². The van der Waals surface area contributed by atoms with Crippen molar-refractivity contribution in [3.63, 3.8) is 0 Å². The normalized spacial score (nSPS) is 11.5. The maximum absolute atomic E-state index is 12.4. The minimum atomic E-state index is -4.64. The molecule has 0 aliphatic carbocycles. The molecule has 128 valence electrons. The zero-order valence-electron chi connectivity index (χ0n) is 12.5. The van der Waals surface area contributed by atoms with Crippen molar-refractivity contribution in [3.8, 4) is 0 Å². The summed E-state index contributed by atoms with van der Waals surface area (Å²) in [6, 6.07) is 14.2. The van der Waals surface area contributed by atoms with Gasteiger partial charge in [0.1, 0.15) is 0 Å². The van der Waals surface area contributed by atoms with Gasteiger partial charge in [-0.15, -0.1) is 11.8 Å². The largest absolute Gasteiger partial charge is 0.351 e. The van der Waals surface area contributed by atoms with Gasteiger partial charge in [-0.25, -0.2) is 8.42 Å². The third-order valence-electron chi connectivity index (χ3n) is 3.08. The molecule has 0 aliphatic rings. The van der Waals surface area contributed by atoms with Gasteiger partial charge in [-0.3, -0.25) is 4.79 Å². The Hall–Kier alpha value is -1.93. The Bertz CT molecular complexity index is 779. The molecule has 2 aromatic rings. The van der Waals surface area contributed by atoms with Crippen molar-refractivity contribution >= 4 is 27.5 Å². The number of amides is 1. The number of sulfone groups is 1. The minimum absolute atomic E-state index is 0.216. The highest BCUT2D eigenvalue weighted by atomic mass is 32.2. The molecule has 1 N–H and O–H groups in total. The Kier molecular flexibility index (Phi) is 6.33. The third kappa shape index (κ3) is 4.78. The second-order valence-corrected chi connectivity index (χ2v) is 7.83. The fraction of sp³-hybridized carbons (Fsp3) is 0.188. The molecule has 0 saturated carbocycles. The van der Waals surface area contributed by atoms with E-state index < -0.39 is 20.5 Å². The van der Waals surface area contributed by atoms with Crippen molar-refractivity contribution in [1.29, 1.82) is 0 Å². The maximum atomic E-state index is 12.4. The molecule has 0 unspecified atom stereocenters. The first-order chi connectivity index (χ1) is 11.4. The number of rotatable bonds is 7. The van der Waals surface area contributed by atoms with Crippen molar-refractivity contribution < 1.29 is 22.0 Å². The van der Waals surface area contributed by atoms with E-state index in [1.54, 1.807) is 11.8 Å². The summed E-state index contributed by atoms with van der Waals surface area (Å²) < 4.78 is 47.5. The SMILES string of the molecule is O=C(NCCSc1ccccc1)c1ccc(S(=O)(=O)C(F)F)cc1. The van der Waals surface area contributed by atoms with Gasteiger partial charge in [0, 0.05) is 22.8 Å². The first kappa shape index (κ1) is 18.4. The number of hydrogen-bond donors (Lipinski definition) is 1. The molecule has 2 rings (SSSR count). The lowest BCUT2D eigenvalue weighted by molar-refractivity contribution is 0.0956. The van der Waals surface area contributed by atoms with Crippen LogP contribution in [0.5, 0.6) is 0 Å². The second kappa shape index (κ2) is 8.25. The van der Waals surface area contributed by atoms with Crippen LogP contribution in [0, 0.1) is 0 Å². The molecule has 0 radical (unpaired) electrons. The molecule has 8 heteroatoms. The van der Waals surface area contributed by atoms with Gasteiger partial charge in [-0.2, -0.15) is 8.78 Å². The predicted molar refractivity (Wildman–Crippen MR) is 89.1 cm³/mol. The van der Waals surface area contributed by atoms with E-state index in [1.807, 2.05) is 30.3 Å². The molecule has 0 spiro atoms. The van der Waals surface area contributed by atoms with E-state index in [0.29, 0.717) is 12.3 Å². The first-order valence-electron chi connectivity index (χ1n) is 6.99. The molecule has 0 bridgehead atoms. The van der Waals surface area contributed by atoms with Crippen molar-refractivity contribution in [2.75, 3.05) is 12.3 Å². The van der Waals surface area contributed by atoms with Gasteiger partial charge < -0.3 is 5.32 Å². The third-order valence-corrected chi connectivity index (χ3v) is 5.49. The summed E-state index contributed by atoms with van der Waals surface area (Å²) in [5, 5.41) is 2.69. The standard InChI is InChI=1S/C16H15F2NO3S2/c17-16(18)24(21,22)14-8-6-12(7-9-14)15(20)19-10-11-23-13-4-2-1-3-5-13/h1-9,16H,10-11H2,(H,19,20). The van der Waals surface area contributed by atoms with Gasteiger partial charge in [0.2, 0.25) is 9.84 Å². The van der Waals surface area contributed by atoms with Crippen LogP contribution < -0.4 is 5.32 Å². The Balaban J connectivity index is 1.87. The fourth-order valence-electron chi connectivity index (χ4n) is 1.85. The van der Waals surface area contributed by atoms with Crippen molar-refractivity contribution in [2.24, 2.45) is 0 Å². The monoisotopic (exact) mass is 371 g/mol. The first-order valence-corrected chi connectivity index (χ1v) is 9.52. The Labute approximate surface area is 143 Å². The summed E-state index contributed by atoms with van der Waals surface area (Å²) in [5.74, 6) is -3.19. The number of halogens is 2. The summed E-state index contributed by atoms with van der Waals surface area (Å²) in [4.78, 5) is 12.5. The molecule has 0 fully saturated rings. The molecule has 0 heterocycles. The van der Waals surface area contributed by atoms with Crippen LogP contribution in [0.4, 0.5) is 8.78 Å². The average molecular weight is 371 g/mol. The van der Waals surface area contributed by atoms with Crippen LogP contribution in [0.15, 0.2) is 64.4 Å². The van der Waals surface area contributed by atoms with E-state index >= 15 is 0 Å². The molecular weight excluding hydrogens is 356 g/mol. The number of carbonyl (C=O) groups excluding carboxylic acids is 1. The summed E-state index contributed by atoms with van der Waals surface area (Å²) in [7, 11) is -4.64. The molecule has 0 saturated heterocycles. The van der Waals surface area contributed by atoms with Crippen molar-refractivity contribution in [3.05, 3.63) is 60.2 Å². The van der Waals surface area contributed by atoms with Gasteiger partial charge >= 0.3 is 5.76 Å². The molecule has 0 aromatic heterocycles. The van der Waals surface area contributed by atoms with Crippen LogP contribution in [-0.4, -0.2) is 32.4 Å². The minimum Gasteiger partial charge on any atom is -0.351 e. The van der Waals surface area contributed by atoms with E-state index in [4.69, 9.17) is 0 Å². The molecule has 0 aliphatic heterocycles. The van der Waals surface area contributed by atoms with Crippen molar-refractivity contribution in [2.45, 2.75) is 15.5 Å². The number of thioether (sulfide) groups is 1. The van der Waals surface area contributed by atoms with Gasteiger partial charge in [-0.1, -0.05) is 18.2 Å². The van der Waals surface area contributed by atoms with Gasteiger partial charge in [0.05, 0.1) is 4.90 Å². The van der Waals surface area contributed by atoms with Crippen LogP contribution in [-0.2, 0) is 9.84 Å². The lowest BCUT2D eigenvalue weighted by Crippen LogP contribution is -2.25. The highest BCUT2D eigenvalue weighted by Gasteiger charge is 2.26. The number of carbonyl (C=O) groups is 1. The predicted octanol–water partition coefficient (Wildman–Crippen LogP) is 3.21. The van der Waals surface area contributed by atoms with Gasteiger partial charge in [-0.05, 0) is 36.4 Å². The lowest BCUT2D eigenvalue weighted by atomic mass is 10.2. The highest BCUT2D eigenvalue weighted by Crippen LogP contribution is 2.19. The van der Waals surface area contributed by atoms with Crippen LogP contribution in [0.1, 0.15) is 10.4 Å². The number of nitrogens with one attached hydrogen (secondary N) is 1. The van der Waals surface area contributed by atoms with Crippen LogP contribution in [0.2, 0.25) is 0 Å². The van der Waals surface area contributed by atoms with E-state index in [1.165, 1.54) is 12.1 Å². The van der Waals surface area contributed by atoms with E-state index in [2.05, 4.69) is 5.32 Å². The Morgan fingerprint density at radius 3 is 2.25 bits per heavy atom. The average Bonchev–Trinajstić information content (AvgIpc) is 2.59. The zero-order valence-corrected chi connectivity index (χ0v) is 14.1. The lowest BCUT2D eigenvalue weighted by Gasteiger charge is -2.07. The van der Waals surface area contributed by atoms with Gasteiger partial charge in [0.25, 0.3) is 5.91 Å². The Morgan fingerprint density at radius 1 is 1.04 bits per heavy atom. The highest BCUT2D eigenvalue weighted by molar-refractivity contribution is 7.99. The maximum Gasteiger partial charge on any atom is 0.341 e. The molecule has 4 nitrogen and oxygen atoms in total. The number of hydrogen-bond acceptors (Lipinski definition) is 4. The molecule has 24 heavy (non-hydrogen) atoms. The fourth-order valence-corrected chi connectivity index (χ4v) is 3.36. The van der Waals surface area contributed by atoms with Crippen LogP contribution in [0.25, 0.3) is 0 Å². The second-order valence-electron chi connectivity index (χ2n) is 4.75. The van der Waals surface area contributed by atoms with Crippen LogP contribution in [0.3, 0.4) is 0 Å². The number of benzene rings is 2. The zero-order chi connectivity index (χ0) is 17.6. The van der Waals surface area contributed by atoms with Crippen LogP contribution >= 0.6 is 11.8 Å². The quantitative estimate of drug-likeness (QED) is 0.600. The summed E-state index contributed by atoms with van der Waals surface area (Å²) in [6.45, 7) is 0.426. The Morgan fingerprint density at radius 2 is 1.67 bits per heavy atom. The van der Waals surface area contributed by atoms with E-state index in [-0.39, 0.29) is 11.5 Å². The summed E-state index contributed by atoms with van der Waals surface area (Å²) in [5.41, 5.74) is 0.216. The molecule has 1 amide bonds. The molecule has 2 aromatic carbocycles. The summed E-state index contributed by atoms with van der Waals surface area (Å²) >= 11 is 1.59. The van der Waals surface area contributed by atoms with E-state index in [0.717, 1.165) is 17.0 Å². The summed E-state index contributed by atoms with van der Waals surface area (Å²) in [6.07, 6.45) is 0. The molecule has 0 atom stereocenters. The van der Waals surface area contributed by atoms with Gasteiger partial charge in [0.15, 0.2) is 0 Å². The topological polar surface area (TPSA) is 63.2 Å². The number of alkyl halides is 2.